The number of rotatable bonds is 3. The van der Waals surface area contributed by atoms with Gasteiger partial charge in [0.25, 0.3) is 0 Å². The highest BCUT2D eigenvalue weighted by atomic mass is 79.9. The lowest BCUT2D eigenvalue weighted by atomic mass is 10.2. The summed E-state index contributed by atoms with van der Waals surface area (Å²) in [4.78, 5) is 0.246. The number of aliphatic hydroxyl groups excluding tert-OH is 1. The summed E-state index contributed by atoms with van der Waals surface area (Å²) in [7, 11) is -3.45. The van der Waals surface area contributed by atoms with Gasteiger partial charge < -0.3 is 5.11 Å². The summed E-state index contributed by atoms with van der Waals surface area (Å²) >= 11 is 3.27. The van der Waals surface area contributed by atoms with E-state index in [1.165, 1.54) is 10.4 Å². The third kappa shape index (κ3) is 2.77. The molecule has 1 aromatic carbocycles. The standard InChI is InChI=1S/C12H16BrNO3S/c13-11-5-4-10(9-15)8-12(11)18(16,17)14-6-2-1-3-7-14/h4-5,8,15H,1-3,6-7,9H2. The molecular formula is C12H16BrNO3S. The minimum absolute atomic E-state index is 0.157. The first-order chi connectivity index (χ1) is 8.55. The maximum Gasteiger partial charge on any atom is 0.244 e. The molecule has 0 aromatic heterocycles. The molecule has 4 nitrogen and oxygen atoms in total. The summed E-state index contributed by atoms with van der Waals surface area (Å²) in [5, 5.41) is 9.11. The van der Waals surface area contributed by atoms with Crippen molar-refractivity contribution in [3.05, 3.63) is 28.2 Å². The van der Waals surface area contributed by atoms with Gasteiger partial charge in [0, 0.05) is 17.6 Å². The van der Waals surface area contributed by atoms with Crippen molar-refractivity contribution in [3.63, 3.8) is 0 Å². The minimum Gasteiger partial charge on any atom is -0.392 e. The molecule has 18 heavy (non-hydrogen) atoms. The molecule has 1 heterocycles. The van der Waals surface area contributed by atoms with Crippen LogP contribution in [0.15, 0.2) is 27.6 Å². The van der Waals surface area contributed by atoms with Gasteiger partial charge in [0.15, 0.2) is 0 Å². The van der Waals surface area contributed by atoms with Gasteiger partial charge in [-0.15, -0.1) is 0 Å². The average Bonchev–Trinajstić information content (AvgIpc) is 2.40. The summed E-state index contributed by atoms with van der Waals surface area (Å²) in [6.07, 6.45) is 2.91. The van der Waals surface area contributed by atoms with E-state index in [9.17, 15) is 8.42 Å². The van der Waals surface area contributed by atoms with Gasteiger partial charge in [0.05, 0.1) is 11.5 Å². The summed E-state index contributed by atoms with van der Waals surface area (Å²) in [6.45, 7) is 1.01. The van der Waals surface area contributed by atoms with Crippen molar-refractivity contribution in [2.24, 2.45) is 0 Å². The van der Waals surface area contributed by atoms with E-state index in [0.29, 0.717) is 23.1 Å². The van der Waals surface area contributed by atoms with Crippen LogP contribution in [0.4, 0.5) is 0 Å². The molecule has 1 aliphatic heterocycles. The zero-order valence-electron chi connectivity index (χ0n) is 9.97. The smallest absolute Gasteiger partial charge is 0.244 e. The van der Waals surface area contributed by atoms with E-state index in [-0.39, 0.29) is 11.5 Å². The van der Waals surface area contributed by atoms with E-state index in [1.807, 2.05) is 0 Å². The minimum atomic E-state index is -3.45. The molecular weight excluding hydrogens is 318 g/mol. The fraction of sp³-hybridized carbons (Fsp3) is 0.500. The van der Waals surface area contributed by atoms with Crippen molar-refractivity contribution in [1.29, 1.82) is 0 Å². The Labute approximate surface area is 116 Å². The Bertz CT molecular complexity index is 524. The lowest BCUT2D eigenvalue weighted by molar-refractivity contribution is 0.281. The van der Waals surface area contributed by atoms with Crippen molar-refractivity contribution in [2.75, 3.05) is 13.1 Å². The van der Waals surface area contributed by atoms with Crippen LogP contribution in [0.25, 0.3) is 0 Å². The van der Waals surface area contributed by atoms with E-state index in [4.69, 9.17) is 5.11 Å². The Morgan fingerprint density at radius 3 is 2.50 bits per heavy atom. The Morgan fingerprint density at radius 2 is 1.89 bits per heavy atom. The largest absolute Gasteiger partial charge is 0.392 e. The predicted octanol–water partition coefficient (Wildman–Crippen LogP) is 2.12. The van der Waals surface area contributed by atoms with Gasteiger partial charge in [-0.2, -0.15) is 4.31 Å². The van der Waals surface area contributed by atoms with Gasteiger partial charge in [0.2, 0.25) is 10.0 Å². The second-order valence-corrected chi connectivity index (χ2v) is 7.15. The molecule has 1 aliphatic rings. The SMILES string of the molecule is O=S(=O)(c1cc(CO)ccc1Br)N1CCCCC1. The maximum absolute atomic E-state index is 12.5. The van der Waals surface area contributed by atoms with Gasteiger partial charge >= 0.3 is 0 Å². The number of nitrogens with zero attached hydrogens (tertiary/aromatic N) is 1. The highest BCUT2D eigenvalue weighted by Crippen LogP contribution is 2.28. The van der Waals surface area contributed by atoms with Crippen LogP contribution in [0.1, 0.15) is 24.8 Å². The van der Waals surface area contributed by atoms with Crippen LogP contribution in [0.5, 0.6) is 0 Å². The maximum atomic E-state index is 12.5. The van der Waals surface area contributed by atoms with Gasteiger partial charge in [-0.1, -0.05) is 12.5 Å². The molecule has 1 fully saturated rings. The van der Waals surface area contributed by atoms with E-state index in [1.54, 1.807) is 12.1 Å². The van der Waals surface area contributed by atoms with Gasteiger partial charge in [-0.25, -0.2) is 8.42 Å². The molecule has 0 amide bonds. The Hall–Kier alpha value is -0.430. The quantitative estimate of drug-likeness (QED) is 0.921. The zero-order chi connectivity index (χ0) is 13.2. The summed E-state index contributed by atoms with van der Waals surface area (Å²) in [5.74, 6) is 0. The van der Waals surface area contributed by atoms with Crippen LogP contribution in [-0.2, 0) is 16.6 Å². The molecule has 1 N–H and O–H groups in total. The van der Waals surface area contributed by atoms with Crippen molar-refractivity contribution in [1.82, 2.24) is 4.31 Å². The van der Waals surface area contributed by atoms with E-state index >= 15 is 0 Å². The monoisotopic (exact) mass is 333 g/mol. The first-order valence-electron chi connectivity index (χ1n) is 5.95. The van der Waals surface area contributed by atoms with E-state index in [0.717, 1.165) is 19.3 Å². The predicted molar refractivity (Wildman–Crippen MR) is 72.7 cm³/mol. The van der Waals surface area contributed by atoms with Crippen molar-refractivity contribution >= 4 is 26.0 Å². The Kier molecular flexibility index (Phi) is 4.42. The molecule has 0 unspecified atom stereocenters. The number of aliphatic hydroxyl groups is 1. The molecule has 0 radical (unpaired) electrons. The number of sulfonamides is 1. The lowest BCUT2D eigenvalue weighted by Gasteiger charge is -2.26. The molecule has 0 bridgehead atoms. The molecule has 6 heteroatoms. The van der Waals surface area contributed by atoms with Gasteiger partial charge in [-0.05, 0) is 46.5 Å². The highest BCUT2D eigenvalue weighted by Gasteiger charge is 2.27. The molecule has 0 atom stereocenters. The second kappa shape index (κ2) is 5.69. The fourth-order valence-corrected chi connectivity index (χ4v) is 4.58. The fourth-order valence-electron chi connectivity index (χ4n) is 2.09. The number of hydrogen-bond acceptors (Lipinski definition) is 3. The van der Waals surface area contributed by atoms with Crippen LogP contribution in [-0.4, -0.2) is 30.9 Å². The third-order valence-corrected chi connectivity index (χ3v) is 6.00. The highest BCUT2D eigenvalue weighted by molar-refractivity contribution is 9.10. The summed E-state index contributed by atoms with van der Waals surface area (Å²) < 4.78 is 27.1. The lowest BCUT2D eigenvalue weighted by Crippen LogP contribution is -2.35. The molecule has 1 saturated heterocycles. The van der Waals surface area contributed by atoms with Crippen molar-refractivity contribution < 1.29 is 13.5 Å². The Morgan fingerprint density at radius 1 is 1.22 bits per heavy atom. The van der Waals surface area contributed by atoms with E-state index in [2.05, 4.69) is 15.9 Å². The molecule has 1 aromatic rings. The van der Waals surface area contributed by atoms with Crippen molar-refractivity contribution in [3.8, 4) is 0 Å². The molecule has 0 saturated carbocycles. The molecule has 0 aliphatic carbocycles. The average molecular weight is 334 g/mol. The third-order valence-electron chi connectivity index (χ3n) is 3.11. The number of halogens is 1. The van der Waals surface area contributed by atoms with E-state index < -0.39 is 10.0 Å². The number of hydrogen-bond donors (Lipinski definition) is 1. The second-order valence-electron chi connectivity index (χ2n) is 4.39. The summed E-state index contributed by atoms with van der Waals surface area (Å²) in [6, 6.07) is 4.91. The van der Waals surface area contributed by atoms with Crippen LogP contribution >= 0.6 is 15.9 Å². The topological polar surface area (TPSA) is 57.6 Å². The first kappa shape index (κ1) is 14.0. The van der Waals surface area contributed by atoms with Crippen LogP contribution in [0.2, 0.25) is 0 Å². The van der Waals surface area contributed by atoms with Crippen LogP contribution in [0.3, 0.4) is 0 Å². The van der Waals surface area contributed by atoms with Crippen LogP contribution < -0.4 is 0 Å². The summed E-state index contributed by atoms with van der Waals surface area (Å²) in [5.41, 5.74) is 0.605. The zero-order valence-corrected chi connectivity index (χ0v) is 12.4. The normalized spacial score (nSPS) is 17.9. The van der Waals surface area contributed by atoms with Crippen LogP contribution in [0, 0.1) is 0 Å². The molecule has 2 rings (SSSR count). The van der Waals surface area contributed by atoms with Gasteiger partial charge in [-0.3, -0.25) is 0 Å². The molecule has 0 spiro atoms. The Balaban J connectivity index is 2.39. The number of piperidine rings is 1. The van der Waals surface area contributed by atoms with Gasteiger partial charge in [0.1, 0.15) is 0 Å². The molecule has 100 valence electrons. The van der Waals surface area contributed by atoms with Crippen molar-refractivity contribution in [2.45, 2.75) is 30.8 Å². The first-order valence-corrected chi connectivity index (χ1v) is 8.18. The number of benzene rings is 1.